The molecule has 0 unspecified atom stereocenters. The van der Waals surface area contributed by atoms with Gasteiger partial charge in [-0.1, -0.05) is 37.3 Å². The number of rotatable bonds is 7. The summed E-state index contributed by atoms with van der Waals surface area (Å²) in [5.74, 6) is -0.989. The lowest BCUT2D eigenvalue weighted by atomic mass is 10.1. The largest absolute Gasteiger partial charge is 0.278 e. The number of amides is 4. The van der Waals surface area contributed by atoms with E-state index in [0.29, 0.717) is 61.3 Å². The van der Waals surface area contributed by atoms with Crippen molar-refractivity contribution in [3.05, 3.63) is 0 Å². The second-order valence-electron chi connectivity index (χ2n) is 5.96. The number of carbonyl (C=O) groups excluding carboxylic acids is 4. The Hall–Kier alpha value is -1.54. The first-order chi connectivity index (χ1) is 11.4. The van der Waals surface area contributed by atoms with Gasteiger partial charge in [-0.25, -0.2) is 0 Å². The van der Waals surface area contributed by atoms with Crippen molar-refractivity contribution >= 4 is 57.8 Å². The molecule has 2 aliphatic heterocycles. The maximum absolute atomic E-state index is 11.8. The molecule has 2 saturated heterocycles. The van der Waals surface area contributed by atoms with Crippen LogP contribution in [0, 0.1) is 0 Å². The molecule has 0 saturated carbocycles. The maximum atomic E-state index is 11.8. The Morgan fingerprint density at radius 2 is 1.00 bits per heavy atom. The topological polar surface area (TPSA) is 74.8 Å². The van der Waals surface area contributed by atoms with E-state index in [1.807, 2.05) is 0 Å². The third-order valence-electron chi connectivity index (χ3n) is 4.21. The van der Waals surface area contributed by atoms with Gasteiger partial charge in [-0.3, -0.25) is 29.0 Å². The predicted octanol–water partition coefficient (Wildman–Crippen LogP) is 1.58. The summed E-state index contributed by atoms with van der Waals surface area (Å²) in [7, 11) is 0. The second-order valence-corrected chi connectivity index (χ2v) is 6.95. The minimum Gasteiger partial charge on any atom is -0.278 e. The third kappa shape index (κ3) is 4.51. The molecule has 130 valence electrons. The molecule has 0 aliphatic carbocycles. The molecule has 2 heterocycles. The molecular weight excluding hydrogens is 348 g/mol. The highest BCUT2D eigenvalue weighted by Gasteiger charge is 2.30. The summed E-state index contributed by atoms with van der Waals surface area (Å²) >= 11 is 9.92. The van der Waals surface area contributed by atoms with Crippen molar-refractivity contribution in [2.24, 2.45) is 0 Å². The second kappa shape index (κ2) is 8.53. The molecule has 0 N–H and O–H groups in total. The molecule has 8 heteroatoms. The van der Waals surface area contributed by atoms with E-state index in [4.69, 9.17) is 24.4 Å². The number of carbonyl (C=O) groups is 4. The molecule has 0 atom stereocenters. The Morgan fingerprint density at radius 1 is 0.625 bits per heavy atom. The molecule has 2 aliphatic rings. The van der Waals surface area contributed by atoms with Gasteiger partial charge in [0.25, 0.3) is 11.8 Å². The Bertz CT molecular complexity index is 551. The van der Waals surface area contributed by atoms with Gasteiger partial charge in [-0.05, 0) is 25.7 Å². The summed E-state index contributed by atoms with van der Waals surface area (Å²) in [6.45, 7) is 0.757. The fourth-order valence-corrected chi connectivity index (χ4v) is 3.22. The average Bonchev–Trinajstić information content (AvgIpc) is 2.56. The zero-order valence-corrected chi connectivity index (χ0v) is 15.0. The number of nitrogens with zero attached hydrogens (tertiary/aromatic N) is 2. The molecule has 4 amide bonds. The minimum absolute atomic E-state index is 0.161. The van der Waals surface area contributed by atoms with Crippen molar-refractivity contribution in [1.82, 2.24) is 9.80 Å². The van der Waals surface area contributed by atoms with Crippen LogP contribution in [0.1, 0.15) is 51.4 Å². The number of imide groups is 2. The first kappa shape index (κ1) is 18.8. The van der Waals surface area contributed by atoms with Crippen LogP contribution in [0.15, 0.2) is 0 Å². The molecule has 0 radical (unpaired) electrons. The van der Waals surface area contributed by atoms with Crippen LogP contribution in [0.3, 0.4) is 0 Å². The Kier molecular flexibility index (Phi) is 6.68. The van der Waals surface area contributed by atoms with E-state index < -0.39 is 0 Å². The molecular formula is C16H20N2O4S2. The number of likely N-dealkylation sites (tertiary alicyclic amines) is 2. The van der Waals surface area contributed by atoms with Gasteiger partial charge in [0.15, 0.2) is 0 Å². The summed E-state index contributed by atoms with van der Waals surface area (Å²) < 4.78 is 0. The van der Waals surface area contributed by atoms with E-state index in [9.17, 15) is 19.2 Å². The van der Waals surface area contributed by atoms with E-state index >= 15 is 0 Å². The lowest BCUT2D eigenvalue weighted by Crippen LogP contribution is -2.45. The summed E-state index contributed by atoms with van der Waals surface area (Å²) in [6.07, 6.45) is 4.38. The lowest BCUT2D eigenvalue weighted by Gasteiger charge is -2.26. The minimum atomic E-state index is -0.334. The first-order valence-corrected chi connectivity index (χ1v) is 8.98. The number of piperidine rings is 2. The van der Waals surface area contributed by atoms with Gasteiger partial charge < -0.3 is 0 Å². The molecule has 6 nitrogen and oxygen atoms in total. The first-order valence-electron chi connectivity index (χ1n) is 8.17. The van der Waals surface area contributed by atoms with Gasteiger partial charge in [0, 0.05) is 25.9 Å². The molecule has 0 aromatic heterocycles. The van der Waals surface area contributed by atoms with Gasteiger partial charge in [-0.2, -0.15) is 0 Å². The van der Waals surface area contributed by atoms with Crippen LogP contribution >= 0.6 is 24.4 Å². The average molecular weight is 368 g/mol. The summed E-state index contributed by atoms with van der Waals surface area (Å²) in [6, 6.07) is 0. The highest BCUT2D eigenvalue weighted by atomic mass is 32.1. The number of thiocarbonyl (C=S) groups is 2. The fraction of sp³-hybridized carbons (Fsp3) is 0.625. The number of hydrogen-bond donors (Lipinski definition) is 0. The highest BCUT2D eigenvalue weighted by molar-refractivity contribution is 7.82. The lowest BCUT2D eigenvalue weighted by molar-refractivity contribution is -0.143. The van der Waals surface area contributed by atoms with Gasteiger partial charge >= 0.3 is 0 Å². The fourth-order valence-electron chi connectivity index (χ4n) is 2.80. The van der Waals surface area contributed by atoms with Crippen LogP contribution in [0.5, 0.6) is 0 Å². The zero-order chi connectivity index (χ0) is 17.7. The van der Waals surface area contributed by atoms with Crippen molar-refractivity contribution in [2.45, 2.75) is 51.4 Å². The Morgan fingerprint density at radius 3 is 1.38 bits per heavy atom. The SMILES string of the molecule is O=C1CCC(=S)C(=O)N1CCCCCCN1C(=O)CCC(=S)C1=O. The van der Waals surface area contributed by atoms with Crippen LogP contribution in [0.2, 0.25) is 0 Å². The van der Waals surface area contributed by atoms with Gasteiger partial charge in [-0.15, -0.1) is 0 Å². The zero-order valence-electron chi connectivity index (χ0n) is 13.4. The summed E-state index contributed by atoms with van der Waals surface area (Å²) in [4.78, 5) is 50.3. The van der Waals surface area contributed by atoms with Crippen molar-refractivity contribution in [2.75, 3.05) is 13.1 Å². The van der Waals surface area contributed by atoms with Crippen molar-refractivity contribution in [3.63, 3.8) is 0 Å². The Labute approximate surface area is 151 Å². The summed E-state index contributed by atoms with van der Waals surface area (Å²) in [5.41, 5.74) is 0. The molecule has 2 fully saturated rings. The molecule has 0 aromatic rings. The van der Waals surface area contributed by atoms with E-state index in [2.05, 4.69) is 0 Å². The molecule has 0 bridgehead atoms. The smallest absolute Gasteiger partial charge is 0.267 e. The van der Waals surface area contributed by atoms with Crippen molar-refractivity contribution in [1.29, 1.82) is 0 Å². The van der Waals surface area contributed by atoms with Crippen LogP contribution in [-0.2, 0) is 19.2 Å². The van der Waals surface area contributed by atoms with E-state index in [1.165, 1.54) is 9.80 Å². The van der Waals surface area contributed by atoms with Gasteiger partial charge in [0.05, 0.1) is 9.73 Å². The third-order valence-corrected chi connectivity index (χ3v) is 4.97. The Balaban J connectivity index is 1.66. The molecule has 24 heavy (non-hydrogen) atoms. The highest BCUT2D eigenvalue weighted by Crippen LogP contribution is 2.14. The van der Waals surface area contributed by atoms with Crippen LogP contribution in [0.25, 0.3) is 0 Å². The normalized spacial score (nSPS) is 19.5. The summed E-state index contributed by atoms with van der Waals surface area (Å²) in [5, 5.41) is 0. The number of unbranched alkanes of at least 4 members (excludes halogenated alkanes) is 3. The van der Waals surface area contributed by atoms with E-state index in [0.717, 1.165) is 12.8 Å². The standard InChI is InChI=1S/C16H20N2O4S2/c19-13-7-5-11(23)15(21)17(13)9-3-1-2-4-10-18-14(20)8-6-12(24)16(18)22/h1-10H2. The van der Waals surface area contributed by atoms with E-state index in [-0.39, 0.29) is 23.6 Å². The van der Waals surface area contributed by atoms with Gasteiger partial charge in [0.2, 0.25) is 11.8 Å². The quantitative estimate of drug-likeness (QED) is 0.386. The van der Waals surface area contributed by atoms with Crippen molar-refractivity contribution < 1.29 is 19.2 Å². The van der Waals surface area contributed by atoms with Crippen LogP contribution < -0.4 is 0 Å². The van der Waals surface area contributed by atoms with E-state index in [1.54, 1.807) is 0 Å². The molecule has 0 aromatic carbocycles. The molecule has 0 spiro atoms. The van der Waals surface area contributed by atoms with Crippen molar-refractivity contribution in [3.8, 4) is 0 Å². The number of hydrogen-bond acceptors (Lipinski definition) is 6. The monoisotopic (exact) mass is 368 g/mol. The maximum Gasteiger partial charge on any atom is 0.267 e. The predicted molar refractivity (Wildman–Crippen MR) is 95.6 cm³/mol. The van der Waals surface area contributed by atoms with Crippen LogP contribution in [0.4, 0.5) is 0 Å². The molecule has 2 rings (SSSR count). The van der Waals surface area contributed by atoms with Crippen LogP contribution in [-0.4, -0.2) is 56.2 Å². The van der Waals surface area contributed by atoms with Gasteiger partial charge in [0.1, 0.15) is 0 Å².